The number of carbonyl (C=O) groups excluding carboxylic acids is 4. The number of carboxylic acid groups (broad SMARTS) is 1. The lowest BCUT2D eigenvalue weighted by Gasteiger charge is -2.26. The Morgan fingerprint density at radius 3 is 1.62 bits per heavy atom. The molecule has 1 rings (SSSR count). The number of primary amides is 1. The number of amides is 4. The lowest BCUT2D eigenvalue weighted by atomic mass is 9.99. The van der Waals surface area contributed by atoms with Crippen LogP contribution in [0, 0.1) is 11.8 Å². The second kappa shape index (κ2) is 14.8. The van der Waals surface area contributed by atoms with Crippen molar-refractivity contribution in [1.82, 2.24) is 16.0 Å². The molecule has 1 aromatic carbocycles. The molecule has 4 unspecified atom stereocenters. The van der Waals surface area contributed by atoms with Gasteiger partial charge in [-0.25, -0.2) is 4.79 Å². The van der Waals surface area contributed by atoms with Gasteiger partial charge in [0.2, 0.25) is 23.6 Å². The molecule has 0 aliphatic rings. The number of nitrogens with one attached hydrogen (secondary N) is 3. The van der Waals surface area contributed by atoms with Gasteiger partial charge in [0.25, 0.3) is 0 Å². The molecule has 0 saturated carbocycles. The number of carboxylic acids is 1. The van der Waals surface area contributed by atoms with Gasteiger partial charge in [0.05, 0.1) is 12.5 Å². The minimum Gasteiger partial charge on any atom is -0.508 e. The van der Waals surface area contributed by atoms with Crippen LogP contribution < -0.4 is 27.4 Å². The van der Waals surface area contributed by atoms with E-state index in [1.165, 1.54) is 12.1 Å². The lowest BCUT2D eigenvalue weighted by molar-refractivity contribution is -0.142. The maximum Gasteiger partial charge on any atom is 0.326 e. The maximum atomic E-state index is 13.1. The number of phenols is 1. The molecule has 37 heavy (non-hydrogen) atoms. The molecule has 1 aromatic rings. The Morgan fingerprint density at radius 2 is 1.22 bits per heavy atom. The first-order valence-electron chi connectivity index (χ1n) is 12.1. The van der Waals surface area contributed by atoms with E-state index < -0.39 is 60.2 Å². The topological polar surface area (TPSA) is 214 Å². The maximum absolute atomic E-state index is 13.1. The molecular weight excluding hydrogens is 482 g/mol. The summed E-state index contributed by atoms with van der Waals surface area (Å²) in [6.45, 7) is 7.37. The molecule has 0 aliphatic heterocycles. The smallest absolute Gasteiger partial charge is 0.326 e. The SMILES string of the molecule is CC(C)CC(NC(=O)C(N)CC(N)=O)C(=O)NC(CC(C)C)C(=O)NC(Cc1ccc(O)cc1)C(=O)O. The number of rotatable bonds is 15. The molecule has 4 amide bonds. The highest BCUT2D eigenvalue weighted by molar-refractivity contribution is 5.95. The molecule has 0 radical (unpaired) electrons. The van der Waals surface area contributed by atoms with Crippen LogP contribution in [0.2, 0.25) is 0 Å². The monoisotopic (exact) mass is 521 g/mol. The van der Waals surface area contributed by atoms with Crippen LogP contribution in [0.5, 0.6) is 5.75 Å². The summed E-state index contributed by atoms with van der Waals surface area (Å²) < 4.78 is 0. The van der Waals surface area contributed by atoms with Crippen molar-refractivity contribution >= 4 is 29.6 Å². The van der Waals surface area contributed by atoms with Crippen LogP contribution in [0.1, 0.15) is 52.5 Å². The second-order valence-corrected chi connectivity index (χ2v) is 9.93. The number of aromatic hydroxyl groups is 1. The van der Waals surface area contributed by atoms with E-state index in [-0.39, 0.29) is 36.8 Å². The lowest BCUT2D eigenvalue weighted by Crippen LogP contribution is -2.58. The second-order valence-electron chi connectivity index (χ2n) is 9.93. The van der Waals surface area contributed by atoms with E-state index in [0.29, 0.717) is 5.56 Å². The van der Waals surface area contributed by atoms with Gasteiger partial charge in [-0.1, -0.05) is 39.8 Å². The molecule has 0 heterocycles. The first-order chi connectivity index (χ1) is 17.2. The van der Waals surface area contributed by atoms with Crippen LogP contribution in [0.3, 0.4) is 0 Å². The van der Waals surface area contributed by atoms with E-state index in [4.69, 9.17) is 11.5 Å². The summed E-state index contributed by atoms with van der Waals surface area (Å²) >= 11 is 0. The minimum absolute atomic E-state index is 0.0116. The molecule has 12 nitrogen and oxygen atoms in total. The van der Waals surface area contributed by atoms with Crippen molar-refractivity contribution < 1.29 is 34.2 Å². The molecular formula is C25H39N5O7. The van der Waals surface area contributed by atoms with E-state index in [9.17, 15) is 34.2 Å². The number of hydrogen-bond donors (Lipinski definition) is 7. The van der Waals surface area contributed by atoms with E-state index in [1.54, 1.807) is 12.1 Å². The van der Waals surface area contributed by atoms with Gasteiger partial charge in [-0.15, -0.1) is 0 Å². The number of nitrogens with two attached hydrogens (primary N) is 2. The Bertz CT molecular complexity index is 949. The van der Waals surface area contributed by atoms with Gasteiger partial charge >= 0.3 is 5.97 Å². The number of phenolic OH excluding ortho intramolecular Hbond substituents is 1. The predicted octanol–water partition coefficient (Wildman–Crippen LogP) is -0.231. The van der Waals surface area contributed by atoms with Gasteiger partial charge in [-0.3, -0.25) is 19.2 Å². The van der Waals surface area contributed by atoms with Gasteiger partial charge in [-0.2, -0.15) is 0 Å². The van der Waals surface area contributed by atoms with E-state index in [2.05, 4.69) is 16.0 Å². The number of benzene rings is 1. The predicted molar refractivity (Wildman–Crippen MR) is 136 cm³/mol. The Labute approximate surface area is 216 Å². The number of aliphatic carboxylic acids is 1. The molecule has 206 valence electrons. The first kappa shape index (κ1) is 31.4. The minimum atomic E-state index is -1.28. The molecule has 0 fully saturated rings. The molecule has 0 aromatic heterocycles. The van der Waals surface area contributed by atoms with Crippen LogP contribution in [0.15, 0.2) is 24.3 Å². The van der Waals surface area contributed by atoms with E-state index >= 15 is 0 Å². The highest BCUT2D eigenvalue weighted by Gasteiger charge is 2.31. The fourth-order valence-electron chi connectivity index (χ4n) is 3.61. The zero-order valence-electron chi connectivity index (χ0n) is 21.7. The fraction of sp³-hybridized carbons (Fsp3) is 0.560. The summed E-state index contributed by atoms with van der Waals surface area (Å²) in [6, 6.07) is 1.31. The van der Waals surface area contributed by atoms with Crippen molar-refractivity contribution in [2.24, 2.45) is 23.3 Å². The van der Waals surface area contributed by atoms with Crippen molar-refractivity contribution in [3.63, 3.8) is 0 Å². The number of hydrogen-bond acceptors (Lipinski definition) is 7. The molecule has 4 atom stereocenters. The van der Waals surface area contributed by atoms with Gasteiger partial charge in [0.15, 0.2) is 0 Å². The summed E-state index contributed by atoms with van der Waals surface area (Å²) in [4.78, 5) is 61.5. The Hall–Kier alpha value is -3.67. The molecule has 0 bridgehead atoms. The van der Waals surface area contributed by atoms with Crippen molar-refractivity contribution in [3.05, 3.63) is 29.8 Å². The zero-order chi connectivity index (χ0) is 28.3. The van der Waals surface area contributed by atoms with E-state index in [1.807, 2.05) is 27.7 Å². The Kier molecular flexibility index (Phi) is 12.5. The molecule has 12 heteroatoms. The van der Waals surface area contributed by atoms with Crippen molar-refractivity contribution in [2.75, 3.05) is 0 Å². The molecule has 0 aliphatic carbocycles. The summed E-state index contributed by atoms with van der Waals surface area (Å²) in [5.74, 6) is -4.10. The van der Waals surface area contributed by atoms with Crippen LogP contribution in [-0.2, 0) is 30.4 Å². The third-order valence-electron chi connectivity index (χ3n) is 5.43. The fourth-order valence-corrected chi connectivity index (χ4v) is 3.61. The standard InChI is InChI=1S/C25H39N5O7/c1-13(2)9-18(28-22(33)17(26)12-21(27)32)23(34)29-19(10-14(3)4)24(35)30-20(25(36)37)11-15-5-7-16(31)8-6-15/h5-8,13-14,17-20,31H,9-12,26H2,1-4H3,(H2,27,32)(H,28,33)(H,29,34)(H,30,35)(H,36,37). The Balaban J connectivity index is 3.02. The van der Waals surface area contributed by atoms with Crippen LogP contribution in [-0.4, -0.2) is 64.0 Å². The van der Waals surface area contributed by atoms with Crippen LogP contribution in [0.4, 0.5) is 0 Å². The first-order valence-corrected chi connectivity index (χ1v) is 12.1. The summed E-state index contributed by atoms with van der Waals surface area (Å²) in [5.41, 5.74) is 11.4. The average Bonchev–Trinajstić information content (AvgIpc) is 2.77. The summed E-state index contributed by atoms with van der Waals surface area (Å²) in [5, 5.41) is 26.7. The third-order valence-corrected chi connectivity index (χ3v) is 5.43. The van der Waals surface area contributed by atoms with E-state index in [0.717, 1.165) is 0 Å². The Morgan fingerprint density at radius 1 is 0.784 bits per heavy atom. The van der Waals surface area contributed by atoms with Crippen LogP contribution in [0.25, 0.3) is 0 Å². The average molecular weight is 522 g/mol. The van der Waals surface area contributed by atoms with Crippen molar-refractivity contribution in [2.45, 2.75) is 77.5 Å². The molecule has 9 N–H and O–H groups in total. The van der Waals surface area contributed by atoms with Gasteiger partial charge in [0, 0.05) is 6.42 Å². The zero-order valence-corrected chi connectivity index (χ0v) is 21.7. The van der Waals surface area contributed by atoms with Gasteiger partial charge < -0.3 is 37.6 Å². The van der Waals surface area contributed by atoms with Crippen molar-refractivity contribution in [1.29, 1.82) is 0 Å². The third kappa shape index (κ3) is 11.7. The largest absolute Gasteiger partial charge is 0.508 e. The highest BCUT2D eigenvalue weighted by Crippen LogP contribution is 2.13. The van der Waals surface area contributed by atoms with Crippen molar-refractivity contribution in [3.8, 4) is 5.75 Å². The van der Waals surface area contributed by atoms with Gasteiger partial charge in [-0.05, 0) is 42.4 Å². The summed E-state index contributed by atoms with van der Waals surface area (Å²) in [7, 11) is 0. The summed E-state index contributed by atoms with van der Waals surface area (Å²) in [6.07, 6.45) is 0.0213. The molecule has 0 spiro atoms. The normalized spacial score (nSPS) is 14.4. The van der Waals surface area contributed by atoms with Gasteiger partial charge in [0.1, 0.15) is 23.9 Å². The number of carbonyl (C=O) groups is 5. The highest BCUT2D eigenvalue weighted by atomic mass is 16.4. The molecule has 0 saturated heterocycles. The quantitative estimate of drug-likeness (QED) is 0.163. The van der Waals surface area contributed by atoms with Crippen LogP contribution >= 0.6 is 0 Å².